The van der Waals surface area contributed by atoms with Gasteiger partial charge in [0, 0.05) is 19.2 Å². The van der Waals surface area contributed by atoms with Crippen LogP contribution in [0.3, 0.4) is 0 Å². The van der Waals surface area contributed by atoms with Crippen molar-refractivity contribution >= 4 is 5.97 Å². The second-order valence-corrected chi connectivity index (χ2v) is 10.9. The van der Waals surface area contributed by atoms with Crippen molar-refractivity contribution < 1.29 is 14.6 Å². The van der Waals surface area contributed by atoms with Crippen LogP contribution in [0.1, 0.15) is 78.9 Å². The average Bonchev–Trinajstić information content (AvgIpc) is 3.38. The van der Waals surface area contributed by atoms with Crippen LogP contribution in [0, 0.1) is 5.92 Å². The van der Waals surface area contributed by atoms with Gasteiger partial charge >= 0.3 is 5.97 Å². The Hall–Kier alpha value is -3.87. The number of rotatable bonds is 8. The zero-order valence-corrected chi connectivity index (χ0v) is 22.0. The molecule has 2 unspecified atom stereocenters. The molecule has 7 heteroatoms. The topological polar surface area (TPSA) is 82.2 Å². The van der Waals surface area contributed by atoms with E-state index < -0.39 is 5.97 Å². The molecule has 6 rings (SSSR count). The highest BCUT2D eigenvalue weighted by Gasteiger charge is 2.45. The molecule has 0 bridgehead atoms. The molecule has 7 nitrogen and oxygen atoms in total. The minimum Gasteiger partial charge on any atom is -0.490 e. The fourth-order valence-electron chi connectivity index (χ4n) is 6.06. The van der Waals surface area contributed by atoms with E-state index in [9.17, 15) is 9.90 Å². The summed E-state index contributed by atoms with van der Waals surface area (Å²) in [7, 11) is 1.90. The Kier molecular flexibility index (Phi) is 6.52. The highest BCUT2D eigenvalue weighted by molar-refractivity contribution is 5.89. The molecule has 38 heavy (non-hydrogen) atoms. The Bertz CT molecular complexity index is 1450. The second kappa shape index (κ2) is 10.1. The van der Waals surface area contributed by atoms with Crippen molar-refractivity contribution in [1.82, 2.24) is 19.6 Å². The molecular weight excluding hydrogens is 476 g/mol. The first-order chi connectivity index (χ1) is 18.5. The van der Waals surface area contributed by atoms with Gasteiger partial charge in [0.25, 0.3) is 0 Å². The normalized spacial score (nSPS) is 20.3. The summed E-state index contributed by atoms with van der Waals surface area (Å²) in [5.41, 5.74) is 5.10. The maximum absolute atomic E-state index is 12.1. The van der Waals surface area contributed by atoms with E-state index in [2.05, 4.69) is 41.4 Å². The van der Waals surface area contributed by atoms with Crippen LogP contribution in [0.15, 0.2) is 67.1 Å². The molecule has 0 aliphatic heterocycles. The third kappa shape index (κ3) is 4.85. The summed E-state index contributed by atoms with van der Waals surface area (Å²) in [4.78, 5) is 12.1. The lowest BCUT2D eigenvalue weighted by atomic mass is 9.86. The molecule has 0 spiro atoms. The van der Waals surface area contributed by atoms with Gasteiger partial charge in [-0.1, -0.05) is 43.5 Å². The minimum absolute atomic E-state index is 0.0921. The predicted molar refractivity (Wildman–Crippen MR) is 146 cm³/mol. The van der Waals surface area contributed by atoms with Gasteiger partial charge in [-0.05, 0) is 79.0 Å². The van der Waals surface area contributed by atoms with Crippen LogP contribution in [-0.2, 0) is 7.05 Å². The van der Waals surface area contributed by atoms with Gasteiger partial charge in [-0.25, -0.2) is 9.48 Å². The van der Waals surface area contributed by atoms with E-state index in [0.29, 0.717) is 5.92 Å². The Balaban J connectivity index is 1.28. The van der Waals surface area contributed by atoms with Crippen molar-refractivity contribution in [1.29, 1.82) is 0 Å². The van der Waals surface area contributed by atoms with Crippen LogP contribution in [0.5, 0.6) is 5.75 Å². The van der Waals surface area contributed by atoms with Crippen LogP contribution >= 0.6 is 0 Å². The molecule has 196 valence electrons. The molecule has 2 aromatic heterocycles. The molecule has 2 aliphatic rings. The summed E-state index contributed by atoms with van der Waals surface area (Å²) in [5.74, 6) is 0.901. The molecule has 0 saturated heterocycles. The molecule has 2 aromatic carbocycles. The van der Waals surface area contributed by atoms with Crippen molar-refractivity contribution in [3.8, 4) is 22.6 Å². The highest BCUT2D eigenvalue weighted by atomic mass is 16.5. The molecule has 0 amide bonds. The summed E-state index contributed by atoms with van der Waals surface area (Å²) in [6.07, 6.45) is 12.9. The number of ether oxygens (including phenoxy) is 1. The number of hydrogen-bond acceptors (Lipinski definition) is 4. The van der Waals surface area contributed by atoms with E-state index in [4.69, 9.17) is 4.74 Å². The highest BCUT2D eigenvalue weighted by Crippen LogP contribution is 2.55. The van der Waals surface area contributed by atoms with Crippen molar-refractivity contribution in [3.05, 3.63) is 83.9 Å². The fraction of sp³-hybridized carbons (Fsp3) is 0.387. The standard InChI is InChI=1S/C31H34N4O3/c1-20(21-8-4-3-5-9-21)38-26-13-7-11-23(15-26)22-10-6-12-25(14-22)35-30(29(18-33-35)31(36)37)28-16-27(28)24-17-32-34(2)19-24/h6-7,10-15,17-21,27-28H,3-5,8-9,16H2,1-2H3,(H,36,37)/t20?,27?,28-/m1/s1. The third-order valence-corrected chi connectivity index (χ3v) is 8.23. The molecular formula is C31H34N4O3. The Morgan fingerprint density at radius 2 is 1.76 bits per heavy atom. The van der Waals surface area contributed by atoms with Crippen molar-refractivity contribution in [2.75, 3.05) is 0 Å². The number of aromatic carboxylic acids is 1. The quantitative estimate of drug-likeness (QED) is 0.289. The van der Waals surface area contributed by atoms with Gasteiger partial charge in [0.05, 0.1) is 29.9 Å². The molecule has 0 radical (unpaired) electrons. The Morgan fingerprint density at radius 1 is 1.00 bits per heavy atom. The number of benzene rings is 2. The van der Waals surface area contributed by atoms with Gasteiger partial charge in [0.2, 0.25) is 0 Å². The van der Waals surface area contributed by atoms with Gasteiger partial charge in [0.15, 0.2) is 0 Å². The van der Waals surface area contributed by atoms with Crippen molar-refractivity contribution in [2.24, 2.45) is 13.0 Å². The zero-order chi connectivity index (χ0) is 26.2. The second-order valence-electron chi connectivity index (χ2n) is 10.9. The van der Waals surface area contributed by atoms with Crippen LogP contribution in [0.25, 0.3) is 16.8 Å². The zero-order valence-electron chi connectivity index (χ0n) is 22.0. The van der Waals surface area contributed by atoms with Gasteiger partial charge in [-0.2, -0.15) is 10.2 Å². The smallest absolute Gasteiger partial charge is 0.339 e. The molecule has 1 N–H and O–H groups in total. The van der Waals surface area contributed by atoms with E-state index in [1.165, 1.54) is 38.3 Å². The molecule has 4 aromatic rings. The fourth-order valence-corrected chi connectivity index (χ4v) is 6.06. The summed E-state index contributed by atoms with van der Waals surface area (Å²) in [6.45, 7) is 2.19. The average molecular weight is 511 g/mol. The predicted octanol–water partition coefficient (Wildman–Crippen LogP) is 6.59. The van der Waals surface area contributed by atoms with Crippen LogP contribution < -0.4 is 4.74 Å². The van der Waals surface area contributed by atoms with Crippen LogP contribution in [0.2, 0.25) is 0 Å². The Morgan fingerprint density at radius 3 is 2.50 bits per heavy atom. The van der Waals surface area contributed by atoms with E-state index in [1.807, 2.05) is 43.7 Å². The largest absolute Gasteiger partial charge is 0.490 e. The van der Waals surface area contributed by atoms with Crippen molar-refractivity contribution in [2.45, 2.75) is 63.4 Å². The lowest BCUT2D eigenvalue weighted by Gasteiger charge is -2.28. The first-order valence-corrected chi connectivity index (χ1v) is 13.6. The molecule has 2 saturated carbocycles. The van der Waals surface area contributed by atoms with Gasteiger partial charge in [-0.3, -0.25) is 4.68 Å². The molecule has 3 atom stereocenters. The number of carboxylic acids is 1. The number of carboxylic acid groups (broad SMARTS) is 1. The molecule has 2 heterocycles. The SMILES string of the molecule is CC(Oc1cccc(-c2cccc(-n3ncc(C(=O)O)c3[C@@H]3CC3c3cnn(C)c3)c2)c1)C1CCCCC1. The molecule has 2 aliphatic carbocycles. The van der Waals surface area contributed by atoms with E-state index in [1.54, 1.807) is 9.36 Å². The number of nitrogens with zero attached hydrogens (tertiary/aromatic N) is 4. The lowest BCUT2D eigenvalue weighted by Crippen LogP contribution is -2.25. The van der Waals surface area contributed by atoms with Gasteiger partial charge < -0.3 is 9.84 Å². The van der Waals surface area contributed by atoms with Crippen molar-refractivity contribution in [3.63, 3.8) is 0 Å². The summed E-state index contributed by atoms with van der Waals surface area (Å²) < 4.78 is 9.98. The maximum atomic E-state index is 12.1. The van der Waals surface area contributed by atoms with E-state index in [-0.39, 0.29) is 23.5 Å². The minimum atomic E-state index is -0.948. The summed E-state index contributed by atoms with van der Waals surface area (Å²) >= 11 is 0. The van der Waals surface area contributed by atoms with Crippen LogP contribution in [-0.4, -0.2) is 36.7 Å². The van der Waals surface area contributed by atoms with E-state index >= 15 is 0 Å². The van der Waals surface area contributed by atoms with Gasteiger partial charge in [0.1, 0.15) is 11.3 Å². The number of aromatic nitrogens is 4. The summed E-state index contributed by atoms with van der Waals surface area (Å²) in [6, 6.07) is 16.4. The lowest BCUT2D eigenvalue weighted by molar-refractivity contribution is 0.0695. The number of aryl methyl sites for hydroxylation is 1. The molecule has 2 fully saturated rings. The third-order valence-electron chi connectivity index (χ3n) is 8.23. The number of hydrogen-bond donors (Lipinski definition) is 1. The summed E-state index contributed by atoms with van der Waals surface area (Å²) in [5, 5.41) is 18.7. The number of carbonyl (C=O) groups is 1. The van der Waals surface area contributed by atoms with Gasteiger partial charge in [-0.15, -0.1) is 0 Å². The van der Waals surface area contributed by atoms with Crippen LogP contribution in [0.4, 0.5) is 0 Å². The first kappa shape index (κ1) is 24.5. The monoisotopic (exact) mass is 510 g/mol. The Labute approximate surface area is 223 Å². The van der Waals surface area contributed by atoms with E-state index in [0.717, 1.165) is 40.2 Å². The maximum Gasteiger partial charge on any atom is 0.339 e. The first-order valence-electron chi connectivity index (χ1n) is 13.6.